The van der Waals surface area contributed by atoms with E-state index in [1.807, 2.05) is 30.3 Å². The molecule has 2 atom stereocenters. The molecule has 0 aliphatic heterocycles. The van der Waals surface area contributed by atoms with Crippen LogP contribution in [0, 0.1) is 11.7 Å². The van der Waals surface area contributed by atoms with Gasteiger partial charge < -0.3 is 15.1 Å². The van der Waals surface area contributed by atoms with Gasteiger partial charge in [0.25, 0.3) is 5.91 Å². The third-order valence-corrected chi connectivity index (χ3v) is 6.02. The molecule has 1 aliphatic carbocycles. The van der Waals surface area contributed by atoms with Crippen molar-refractivity contribution in [3.63, 3.8) is 0 Å². The molecule has 34 heavy (non-hydrogen) atoms. The van der Waals surface area contributed by atoms with Gasteiger partial charge in [0.2, 0.25) is 5.91 Å². The van der Waals surface area contributed by atoms with Crippen molar-refractivity contribution < 1.29 is 29.4 Å². The summed E-state index contributed by atoms with van der Waals surface area (Å²) in [5.41, 5.74) is 3.12. The van der Waals surface area contributed by atoms with Crippen molar-refractivity contribution in [2.75, 3.05) is 0 Å². The van der Waals surface area contributed by atoms with Gasteiger partial charge in [-0.05, 0) is 41.2 Å². The second-order valence-electron chi connectivity index (χ2n) is 8.24. The summed E-state index contributed by atoms with van der Waals surface area (Å²) in [6.45, 7) is -0.419. The molecule has 2 unspecified atom stereocenters. The molecule has 176 valence electrons. The van der Waals surface area contributed by atoms with Crippen molar-refractivity contribution in [3.05, 3.63) is 94.6 Å². The monoisotopic (exact) mass is 465 g/mol. The van der Waals surface area contributed by atoms with E-state index in [0.717, 1.165) is 5.56 Å². The molecule has 4 rings (SSSR count). The average Bonchev–Trinajstić information content (AvgIpc) is 3.66. The summed E-state index contributed by atoms with van der Waals surface area (Å²) in [6, 6.07) is 15.6. The summed E-state index contributed by atoms with van der Waals surface area (Å²) >= 11 is 0. The van der Waals surface area contributed by atoms with Crippen molar-refractivity contribution >= 4 is 11.8 Å². The minimum absolute atomic E-state index is 0.00565. The molecule has 1 aromatic heterocycles. The van der Waals surface area contributed by atoms with E-state index in [9.17, 15) is 24.2 Å². The Bertz CT molecular complexity index is 1190. The topological polar surface area (TPSA) is 123 Å². The highest BCUT2D eigenvalue weighted by Gasteiger charge is 2.45. The number of nitrogens with one attached hydrogen (secondary N) is 1. The smallest absolute Gasteiger partial charge is 0.297 e. The van der Waals surface area contributed by atoms with Crippen molar-refractivity contribution in [1.29, 1.82) is 0 Å². The van der Waals surface area contributed by atoms with Gasteiger partial charge in [-0.1, -0.05) is 42.5 Å². The predicted octanol–water partition coefficient (Wildman–Crippen LogP) is 2.87. The zero-order valence-electron chi connectivity index (χ0n) is 18.2. The fourth-order valence-electron chi connectivity index (χ4n) is 4.11. The Morgan fingerprint density at radius 2 is 1.79 bits per heavy atom. The number of hydrogen-bond donors (Lipinski definition) is 4. The van der Waals surface area contributed by atoms with Crippen molar-refractivity contribution in [1.82, 2.24) is 15.4 Å². The van der Waals surface area contributed by atoms with Gasteiger partial charge in [-0.2, -0.15) is 0 Å². The summed E-state index contributed by atoms with van der Waals surface area (Å²) in [5.74, 6) is -2.22. The molecule has 9 heteroatoms. The van der Waals surface area contributed by atoms with E-state index in [0.29, 0.717) is 17.5 Å². The van der Waals surface area contributed by atoms with E-state index in [1.54, 1.807) is 17.0 Å². The normalized spacial score (nSPS) is 16.7. The highest BCUT2D eigenvalue weighted by atomic mass is 19.1. The van der Waals surface area contributed by atoms with Gasteiger partial charge in [0.1, 0.15) is 5.82 Å². The summed E-state index contributed by atoms with van der Waals surface area (Å²) < 4.78 is 13.4. The lowest BCUT2D eigenvalue weighted by Gasteiger charge is -2.25. The lowest BCUT2D eigenvalue weighted by molar-refractivity contribution is -0.134. The van der Waals surface area contributed by atoms with E-state index in [1.165, 1.54) is 23.8 Å². The number of pyridine rings is 1. The molecule has 1 heterocycles. The minimum atomic E-state index is -1.03. The Morgan fingerprint density at radius 1 is 1.09 bits per heavy atom. The quantitative estimate of drug-likeness (QED) is 0.300. The first-order valence-electron chi connectivity index (χ1n) is 10.8. The van der Waals surface area contributed by atoms with Crippen LogP contribution < -0.4 is 5.48 Å². The Balaban J connectivity index is 1.62. The van der Waals surface area contributed by atoms with E-state index >= 15 is 0 Å². The van der Waals surface area contributed by atoms with Crippen molar-refractivity contribution in [3.8, 4) is 5.75 Å². The molecular formula is C25H24FN3O5. The maximum atomic E-state index is 13.5. The Kier molecular flexibility index (Phi) is 6.85. The van der Waals surface area contributed by atoms with Crippen LogP contribution in [0.3, 0.4) is 0 Å². The van der Waals surface area contributed by atoms with E-state index in [4.69, 9.17) is 5.21 Å². The number of aliphatic hydroxyl groups excluding tert-OH is 1. The molecule has 0 saturated heterocycles. The maximum absolute atomic E-state index is 13.5. The third-order valence-electron chi connectivity index (χ3n) is 6.02. The predicted molar refractivity (Wildman–Crippen MR) is 119 cm³/mol. The molecule has 1 saturated carbocycles. The van der Waals surface area contributed by atoms with Gasteiger partial charge in [0.05, 0.1) is 6.61 Å². The Hall–Kier alpha value is -3.82. The maximum Gasteiger partial charge on any atom is 0.297 e. The molecular weight excluding hydrogens is 441 g/mol. The molecule has 1 aliphatic rings. The van der Waals surface area contributed by atoms with Crippen LogP contribution >= 0.6 is 0 Å². The van der Waals surface area contributed by atoms with Crippen LogP contribution in [0.25, 0.3) is 0 Å². The molecule has 8 nitrogen and oxygen atoms in total. The number of nitrogens with zero attached hydrogens (tertiary/aromatic N) is 2. The summed E-state index contributed by atoms with van der Waals surface area (Å²) in [6.07, 6.45) is 1.98. The fourth-order valence-corrected chi connectivity index (χ4v) is 4.11. The van der Waals surface area contributed by atoms with Crippen LogP contribution in [0.4, 0.5) is 4.39 Å². The molecule has 2 aromatic carbocycles. The third kappa shape index (κ3) is 4.90. The number of carbonyl (C=O) groups is 2. The zero-order valence-corrected chi connectivity index (χ0v) is 18.2. The molecule has 1 fully saturated rings. The number of carbonyl (C=O) groups excluding carboxylic acids is 2. The van der Waals surface area contributed by atoms with E-state index < -0.39 is 24.0 Å². The number of aliphatic hydroxyl groups is 1. The second-order valence-corrected chi connectivity index (χ2v) is 8.24. The number of benzene rings is 2. The number of halogens is 1. The van der Waals surface area contributed by atoms with Gasteiger partial charge in [-0.3, -0.25) is 14.8 Å². The van der Waals surface area contributed by atoms with Gasteiger partial charge in [0, 0.05) is 30.8 Å². The van der Waals surface area contributed by atoms with Crippen molar-refractivity contribution in [2.45, 2.75) is 32.0 Å². The zero-order chi connectivity index (χ0) is 24.2. The standard InChI is InChI=1S/C25H24FN3O5/c26-18-8-6-15(7-9-18)12-29(25(33)20-10-19(20)16-4-2-1-3-5-16)13-17-11-27-22(24(32)28-34)23(31)21(17)14-30/h1-9,11,19-20,30-31,34H,10,12-14H2,(H,28,32). The van der Waals surface area contributed by atoms with Crippen LogP contribution in [0.5, 0.6) is 5.75 Å². The number of aromatic hydroxyl groups is 1. The first kappa shape index (κ1) is 23.3. The lowest BCUT2D eigenvalue weighted by Crippen LogP contribution is -2.32. The van der Waals surface area contributed by atoms with Crippen LogP contribution in [0.1, 0.15) is 45.1 Å². The molecule has 2 amide bonds. The SMILES string of the molecule is O=C(NO)c1ncc(CN(Cc2ccc(F)cc2)C(=O)C2CC2c2ccccc2)c(CO)c1O. The molecule has 0 radical (unpaired) electrons. The van der Waals surface area contributed by atoms with Crippen LogP contribution in [-0.4, -0.2) is 37.1 Å². The van der Waals surface area contributed by atoms with Gasteiger partial charge in [0.15, 0.2) is 11.4 Å². The summed E-state index contributed by atoms with van der Waals surface area (Å²) in [4.78, 5) is 30.7. The average molecular weight is 465 g/mol. The Labute approximate surface area is 195 Å². The number of aromatic nitrogens is 1. The van der Waals surface area contributed by atoms with Gasteiger partial charge in [-0.15, -0.1) is 0 Å². The van der Waals surface area contributed by atoms with E-state index in [-0.39, 0.29) is 42.2 Å². The number of hydrogen-bond acceptors (Lipinski definition) is 6. The number of amides is 2. The largest absolute Gasteiger partial charge is 0.505 e. The van der Waals surface area contributed by atoms with Gasteiger partial charge >= 0.3 is 0 Å². The number of rotatable bonds is 8. The van der Waals surface area contributed by atoms with Crippen LogP contribution in [-0.2, 0) is 24.5 Å². The Morgan fingerprint density at radius 3 is 2.44 bits per heavy atom. The van der Waals surface area contributed by atoms with Crippen LogP contribution in [0.15, 0.2) is 60.8 Å². The second kappa shape index (κ2) is 9.98. The molecule has 0 bridgehead atoms. The van der Waals surface area contributed by atoms with E-state index in [2.05, 4.69) is 4.98 Å². The fraction of sp³-hybridized carbons (Fsp3) is 0.240. The highest BCUT2D eigenvalue weighted by Crippen LogP contribution is 2.48. The van der Waals surface area contributed by atoms with Crippen molar-refractivity contribution in [2.24, 2.45) is 5.92 Å². The molecule has 0 spiro atoms. The van der Waals surface area contributed by atoms with Crippen LogP contribution in [0.2, 0.25) is 0 Å². The lowest BCUT2D eigenvalue weighted by atomic mass is 10.1. The highest BCUT2D eigenvalue weighted by molar-refractivity contribution is 5.94. The molecule has 3 aromatic rings. The first-order valence-corrected chi connectivity index (χ1v) is 10.8. The summed E-state index contributed by atoms with van der Waals surface area (Å²) in [5, 5.41) is 29.1. The number of hydroxylamine groups is 1. The minimum Gasteiger partial charge on any atom is -0.505 e. The van der Waals surface area contributed by atoms with Gasteiger partial charge in [-0.25, -0.2) is 14.9 Å². The molecule has 4 N–H and O–H groups in total. The first-order chi connectivity index (χ1) is 16.4. The summed E-state index contributed by atoms with van der Waals surface area (Å²) in [7, 11) is 0.